The molecule has 0 fully saturated rings. The van der Waals surface area contributed by atoms with Crippen LogP contribution in [-0.4, -0.2) is 39.9 Å². The van der Waals surface area contributed by atoms with Gasteiger partial charge in [0.2, 0.25) is 0 Å². The lowest BCUT2D eigenvalue weighted by molar-refractivity contribution is -0.396. The molecule has 0 heterocycles. The largest absolute Gasteiger partial charge is 0.460 e. The summed E-state index contributed by atoms with van der Waals surface area (Å²) >= 11 is 0. The van der Waals surface area contributed by atoms with Crippen molar-refractivity contribution in [2.24, 2.45) is 0 Å². The number of hydrogen-bond donors (Lipinski definition) is 2. The molecule has 3 nitrogen and oxygen atoms in total. The van der Waals surface area contributed by atoms with Crippen LogP contribution in [0.15, 0.2) is 0 Å². The Hall–Kier alpha value is -0.480. The van der Waals surface area contributed by atoms with Crippen LogP contribution in [0, 0.1) is 0 Å². The molecule has 0 atom stereocenters. The molecule has 134 valence electrons. The summed E-state index contributed by atoms with van der Waals surface area (Å²) in [5.74, 6) is -19.2. The Labute approximate surface area is 118 Å². The zero-order chi connectivity index (χ0) is 18.0. The minimum absolute atomic E-state index is 0.373. The molecule has 13 heteroatoms. The van der Waals surface area contributed by atoms with Gasteiger partial charge in [-0.3, -0.25) is 4.57 Å². The molecule has 22 heavy (non-hydrogen) atoms. The fourth-order valence-corrected chi connectivity index (χ4v) is 2.04. The maximum atomic E-state index is 13.0. The molecule has 0 aliphatic rings. The van der Waals surface area contributed by atoms with E-state index >= 15 is 0 Å². The summed E-state index contributed by atoms with van der Waals surface area (Å²) in [6, 6.07) is 0. The minimum Gasteiger partial charge on any atom is -0.324 e. The van der Waals surface area contributed by atoms with E-state index in [0.29, 0.717) is 0 Å². The molecule has 0 rings (SSSR count). The molecular weight excluding hydrogens is 358 g/mol. The van der Waals surface area contributed by atoms with Crippen molar-refractivity contribution in [1.82, 2.24) is 0 Å². The highest BCUT2D eigenvalue weighted by Crippen LogP contribution is 2.54. The lowest BCUT2D eigenvalue weighted by Crippen LogP contribution is -2.60. The second-order valence-electron chi connectivity index (χ2n) is 4.55. The van der Waals surface area contributed by atoms with Crippen molar-refractivity contribution in [2.75, 3.05) is 6.16 Å². The molecule has 0 bridgehead atoms. The fraction of sp³-hybridized carbons (Fsp3) is 1.00. The second kappa shape index (κ2) is 6.56. The molecule has 0 aliphatic carbocycles. The summed E-state index contributed by atoms with van der Waals surface area (Å²) in [4.78, 5) is 16.8. The van der Waals surface area contributed by atoms with Crippen molar-refractivity contribution < 1.29 is 53.9 Å². The zero-order valence-electron chi connectivity index (χ0n) is 10.7. The van der Waals surface area contributed by atoms with Crippen molar-refractivity contribution in [3.8, 4) is 0 Å². The van der Waals surface area contributed by atoms with Crippen LogP contribution in [0.25, 0.3) is 0 Å². The number of halogens is 9. The Morgan fingerprint density at radius 3 is 1.55 bits per heavy atom. The predicted octanol–water partition coefficient (Wildman–Crippen LogP) is 4.19. The minimum atomic E-state index is -6.91. The second-order valence-corrected chi connectivity index (χ2v) is 6.33. The van der Waals surface area contributed by atoms with Crippen LogP contribution >= 0.6 is 7.60 Å². The van der Waals surface area contributed by atoms with Crippen LogP contribution in [0.2, 0.25) is 0 Å². The molecule has 0 unspecified atom stereocenters. The molecule has 0 aromatic heterocycles. The fourth-order valence-electron chi connectivity index (χ4n) is 1.41. The number of rotatable bonds is 8. The molecule has 0 amide bonds. The molecule has 0 saturated heterocycles. The Bertz CT molecular complexity index is 415. The van der Waals surface area contributed by atoms with Gasteiger partial charge in [0.1, 0.15) is 0 Å². The molecule has 0 aromatic rings. The molecule has 2 N–H and O–H groups in total. The Morgan fingerprint density at radius 1 is 0.727 bits per heavy atom. The standard InChI is InChI=1S/C9H12F9O3P/c10-6(11,4-2-1-3-5-22(19,20)21)7(12,13)8(14,15)9(16,17)18/h1-5H2,(H2,19,20,21). The number of hydrogen-bond acceptors (Lipinski definition) is 1. The lowest BCUT2D eigenvalue weighted by Gasteiger charge is -2.33. The highest BCUT2D eigenvalue weighted by atomic mass is 31.2. The van der Waals surface area contributed by atoms with Gasteiger partial charge in [0.25, 0.3) is 0 Å². The van der Waals surface area contributed by atoms with Crippen LogP contribution < -0.4 is 0 Å². The third-order valence-electron chi connectivity index (χ3n) is 2.65. The van der Waals surface area contributed by atoms with Gasteiger partial charge in [0.05, 0.1) is 0 Å². The smallest absolute Gasteiger partial charge is 0.324 e. The van der Waals surface area contributed by atoms with Crippen LogP contribution in [0.4, 0.5) is 39.5 Å². The van der Waals surface area contributed by atoms with Crippen molar-refractivity contribution in [3.05, 3.63) is 0 Å². The van der Waals surface area contributed by atoms with Crippen LogP contribution in [-0.2, 0) is 4.57 Å². The van der Waals surface area contributed by atoms with E-state index in [1.54, 1.807) is 0 Å². The van der Waals surface area contributed by atoms with Gasteiger partial charge >= 0.3 is 31.5 Å². The first-order chi connectivity index (χ1) is 9.46. The average Bonchev–Trinajstić information content (AvgIpc) is 2.24. The monoisotopic (exact) mass is 370 g/mol. The molecule has 0 saturated carbocycles. The number of unbranched alkanes of at least 4 members (excludes halogenated alkanes) is 2. The van der Waals surface area contributed by atoms with Gasteiger partial charge in [-0.05, 0) is 12.8 Å². The SMILES string of the molecule is O=P(O)(O)CCCCCC(F)(F)C(F)(F)C(F)(F)C(F)(F)F. The van der Waals surface area contributed by atoms with Crippen LogP contribution in [0.5, 0.6) is 0 Å². The van der Waals surface area contributed by atoms with Gasteiger partial charge in [-0.15, -0.1) is 0 Å². The zero-order valence-corrected chi connectivity index (χ0v) is 11.6. The molecule has 0 aromatic carbocycles. The molecule has 0 aliphatic heterocycles. The van der Waals surface area contributed by atoms with Crippen molar-refractivity contribution in [1.29, 1.82) is 0 Å². The third-order valence-corrected chi connectivity index (χ3v) is 3.55. The van der Waals surface area contributed by atoms with E-state index in [1.807, 2.05) is 0 Å². The number of alkyl halides is 9. The van der Waals surface area contributed by atoms with Gasteiger partial charge < -0.3 is 9.79 Å². The summed E-state index contributed by atoms with van der Waals surface area (Å²) in [6.07, 6.45) is -11.3. The van der Waals surface area contributed by atoms with Crippen LogP contribution in [0.3, 0.4) is 0 Å². The summed E-state index contributed by atoms with van der Waals surface area (Å²) in [5, 5.41) is 0. The summed E-state index contributed by atoms with van der Waals surface area (Å²) in [7, 11) is -4.43. The Kier molecular flexibility index (Phi) is 6.42. The predicted molar refractivity (Wildman–Crippen MR) is 56.3 cm³/mol. The maximum Gasteiger partial charge on any atom is 0.460 e. The third kappa shape index (κ3) is 5.02. The highest BCUT2D eigenvalue weighted by molar-refractivity contribution is 7.51. The van der Waals surface area contributed by atoms with Gasteiger partial charge in [-0.25, -0.2) is 0 Å². The first-order valence-electron chi connectivity index (χ1n) is 5.70. The van der Waals surface area contributed by atoms with Crippen molar-refractivity contribution in [2.45, 2.75) is 49.6 Å². The van der Waals surface area contributed by atoms with E-state index in [0.717, 1.165) is 0 Å². The van der Waals surface area contributed by atoms with E-state index < -0.39 is 57.0 Å². The van der Waals surface area contributed by atoms with Crippen molar-refractivity contribution >= 4 is 7.60 Å². The normalized spacial score (nSPS) is 15.2. The van der Waals surface area contributed by atoms with Gasteiger partial charge in [0.15, 0.2) is 0 Å². The summed E-state index contributed by atoms with van der Waals surface area (Å²) in [6.45, 7) is 0. The van der Waals surface area contributed by atoms with E-state index in [-0.39, 0.29) is 6.42 Å². The van der Waals surface area contributed by atoms with E-state index in [4.69, 9.17) is 9.79 Å². The van der Waals surface area contributed by atoms with Gasteiger partial charge in [-0.1, -0.05) is 6.42 Å². The average molecular weight is 370 g/mol. The van der Waals surface area contributed by atoms with Gasteiger partial charge in [0, 0.05) is 12.6 Å². The van der Waals surface area contributed by atoms with E-state index in [9.17, 15) is 44.1 Å². The Balaban J connectivity index is 4.76. The Morgan fingerprint density at radius 2 is 1.18 bits per heavy atom. The first-order valence-corrected chi connectivity index (χ1v) is 7.50. The topological polar surface area (TPSA) is 57.5 Å². The van der Waals surface area contributed by atoms with Crippen LogP contribution in [0.1, 0.15) is 25.7 Å². The molecular formula is C9H12F9O3P. The molecule has 0 radical (unpaired) electrons. The quantitative estimate of drug-likeness (QED) is 0.383. The first kappa shape index (κ1) is 21.5. The lowest BCUT2D eigenvalue weighted by atomic mass is 9.98. The molecule has 0 spiro atoms. The highest BCUT2D eigenvalue weighted by Gasteiger charge is 2.81. The van der Waals surface area contributed by atoms with E-state index in [2.05, 4.69) is 0 Å². The van der Waals surface area contributed by atoms with E-state index in [1.165, 1.54) is 0 Å². The van der Waals surface area contributed by atoms with Gasteiger partial charge in [-0.2, -0.15) is 39.5 Å². The maximum absolute atomic E-state index is 13.0. The summed E-state index contributed by atoms with van der Waals surface area (Å²) < 4.78 is 122. The van der Waals surface area contributed by atoms with Crippen molar-refractivity contribution in [3.63, 3.8) is 0 Å². The summed E-state index contributed by atoms with van der Waals surface area (Å²) in [5.41, 5.74) is 0.